The number of aliphatic hydroxyl groups is 1. The fourth-order valence-corrected chi connectivity index (χ4v) is 3.55. The maximum absolute atomic E-state index is 12.9. The summed E-state index contributed by atoms with van der Waals surface area (Å²) in [6, 6.07) is 15.4. The minimum Gasteiger partial charge on any atom is -0.507 e. The Balaban J connectivity index is 1.99. The Morgan fingerprint density at radius 2 is 1.73 bits per heavy atom. The molecule has 0 spiro atoms. The van der Waals surface area contributed by atoms with E-state index in [1.807, 2.05) is 44.2 Å². The molecule has 1 N–H and O–H groups in total. The van der Waals surface area contributed by atoms with Crippen LogP contribution in [0, 0.1) is 0 Å². The summed E-state index contributed by atoms with van der Waals surface area (Å²) in [4.78, 5) is 27.3. The Bertz CT molecular complexity index is 918. The summed E-state index contributed by atoms with van der Waals surface area (Å²) in [7, 11) is 1.55. The second-order valence-corrected chi connectivity index (χ2v) is 7.40. The van der Waals surface area contributed by atoms with E-state index in [0.717, 1.165) is 5.56 Å². The highest BCUT2D eigenvalue weighted by Gasteiger charge is 2.45. The summed E-state index contributed by atoms with van der Waals surface area (Å²) in [6.45, 7) is 4.74. The molecule has 2 aromatic rings. The highest BCUT2D eigenvalue weighted by Crippen LogP contribution is 2.39. The second kappa shape index (κ2) is 9.59. The number of methoxy groups -OCH3 is 1. The summed E-state index contributed by atoms with van der Waals surface area (Å²) in [5, 5.41) is 11.0. The molecule has 1 aliphatic heterocycles. The van der Waals surface area contributed by atoms with Crippen LogP contribution in [0.3, 0.4) is 0 Å². The fraction of sp³-hybridized carbons (Fsp3) is 0.333. The molecule has 1 atom stereocenters. The van der Waals surface area contributed by atoms with Gasteiger partial charge >= 0.3 is 0 Å². The van der Waals surface area contributed by atoms with Gasteiger partial charge in [0.25, 0.3) is 11.7 Å². The number of ketones is 1. The third kappa shape index (κ3) is 4.54. The lowest BCUT2D eigenvalue weighted by Gasteiger charge is -2.25. The van der Waals surface area contributed by atoms with Crippen molar-refractivity contribution in [1.82, 2.24) is 4.90 Å². The maximum atomic E-state index is 12.9. The van der Waals surface area contributed by atoms with Crippen LogP contribution >= 0.6 is 0 Å². The van der Waals surface area contributed by atoms with Crippen LogP contribution in [0.25, 0.3) is 5.76 Å². The molecule has 1 aliphatic rings. The van der Waals surface area contributed by atoms with E-state index in [0.29, 0.717) is 30.9 Å². The summed E-state index contributed by atoms with van der Waals surface area (Å²) in [5.41, 5.74) is 1.33. The fourth-order valence-electron chi connectivity index (χ4n) is 3.55. The van der Waals surface area contributed by atoms with Crippen LogP contribution in [0.2, 0.25) is 0 Å². The predicted octanol–water partition coefficient (Wildman–Crippen LogP) is 3.93. The van der Waals surface area contributed by atoms with Gasteiger partial charge in [-0.05, 0) is 50.1 Å². The second-order valence-electron chi connectivity index (χ2n) is 7.40. The minimum absolute atomic E-state index is 0.0976. The molecule has 3 rings (SSSR count). The molecule has 30 heavy (non-hydrogen) atoms. The first kappa shape index (κ1) is 21.6. The van der Waals surface area contributed by atoms with Gasteiger partial charge in [-0.25, -0.2) is 0 Å². The molecule has 1 fully saturated rings. The highest BCUT2D eigenvalue weighted by molar-refractivity contribution is 6.46. The van der Waals surface area contributed by atoms with E-state index in [4.69, 9.17) is 9.47 Å². The Kier molecular flexibility index (Phi) is 6.90. The number of amides is 1. The topological polar surface area (TPSA) is 76.1 Å². The summed E-state index contributed by atoms with van der Waals surface area (Å²) in [5.74, 6) is -0.840. The normalized spacial score (nSPS) is 18.3. The van der Waals surface area contributed by atoms with E-state index in [-0.39, 0.29) is 17.4 Å². The zero-order chi connectivity index (χ0) is 21.7. The molecular formula is C24H27NO5. The van der Waals surface area contributed by atoms with E-state index in [2.05, 4.69) is 0 Å². The van der Waals surface area contributed by atoms with Gasteiger partial charge < -0.3 is 19.5 Å². The van der Waals surface area contributed by atoms with Crippen molar-refractivity contribution < 1.29 is 24.2 Å². The number of ether oxygens (including phenoxy) is 2. The van der Waals surface area contributed by atoms with E-state index in [9.17, 15) is 14.7 Å². The SMILES string of the molecule is COc1ccc(/C(O)=C2/C(=O)C(=O)N(CCCOC(C)C)C2c2ccccc2)cc1. The number of Topliss-reactive ketones (excluding diaryl/α,β-unsaturated/α-hetero) is 1. The maximum Gasteiger partial charge on any atom is 0.295 e. The third-order valence-electron chi connectivity index (χ3n) is 5.01. The van der Waals surface area contributed by atoms with Crippen LogP contribution in [0.15, 0.2) is 60.2 Å². The number of carbonyl (C=O) groups excluding carboxylic acids is 2. The minimum atomic E-state index is -0.679. The molecule has 0 bridgehead atoms. The molecule has 1 heterocycles. The van der Waals surface area contributed by atoms with Crippen molar-refractivity contribution in [2.45, 2.75) is 32.4 Å². The molecule has 0 radical (unpaired) electrons. The quantitative estimate of drug-likeness (QED) is 0.309. The van der Waals surface area contributed by atoms with Gasteiger partial charge in [0.2, 0.25) is 0 Å². The lowest BCUT2D eigenvalue weighted by Crippen LogP contribution is -2.31. The molecule has 0 aliphatic carbocycles. The van der Waals surface area contributed by atoms with Crippen molar-refractivity contribution >= 4 is 17.4 Å². The average molecular weight is 409 g/mol. The summed E-state index contributed by atoms with van der Waals surface area (Å²) in [6.07, 6.45) is 0.692. The van der Waals surface area contributed by atoms with Gasteiger partial charge in [0.05, 0.1) is 24.8 Å². The molecule has 1 saturated heterocycles. The average Bonchev–Trinajstić information content (AvgIpc) is 3.01. The molecule has 1 amide bonds. The van der Waals surface area contributed by atoms with E-state index >= 15 is 0 Å². The van der Waals surface area contributed by atoms with E-state index in [1.54, 1.807) is 31.4 Å². The van der Waals surface area contributed by atoms with Crippen molar-refractivity contribution in [2.24, 2.45) is 0 Å². The third-order valence-corrected chi connectivity index (χ3v) is 5.01. The van der Waals surface area contributed by atoms with Gasteiger partial charge in [-0.3, -0.25) is 9.59 Å². The van der Waals surface area contributed by atoms with Gasteiger partial charge in [-0.1, -0.05) is 30.3 Å². The molecule has 0 aromatic heterocycles. The van der Waals surface area contributed by atoms with Gasteiger partial charge in [-0.2, -0.15) is 0 Å². The molecule has 158 valence electrons. The molecule has 6 heteroatoms. The van der Waals surface area contributed by atoms with Crippen molar-refractivity contribution in [3.05, 3.63) is 71.3 Å². The Hall–Kier alpha value is -3.12. The number of benzene rings is 2. The molecular weight excluding hydrogens is 382 g/mol. The van der Waals surface area contributed by atoms with Gasteiger partial charge in [0.1, 0.15) is 11.5 Å². The number of aliphatic hydroxyl groups excluding tert-OH is 1. The van der Waals surface area contributed by atoms with E-state index in [1.165, 1.54) is 4.90 Å². The number of likely N-dealkylation sites (tertiary alicyclic amines) is 1. The molecule has 1 unspecified atom stereocenters. The van der Waals surface area contributed by atoms with Gasteiger partial charge in [-0.15, -0.1) is 0 Å². The van der Waals surface area contributed by atoms with Crippen LogP contribution < -0.4 is 4.74 Å². The standard InChI is InChI=1S/C24H27NO5/c1-16(2)30-15-7-14-25-21(17-8-5-4-6-9-17)20(23(27)24(25)28)22(26)18-10-12-19(29-3)13-11-18/h4-6,8-13,16,21,26H,7,14-15H2,1-3H3/b22-20-. The highest BCUT2D eigenvalue weighted by atomic mass is 16.5. The van der Waals surface area contributed by atoms with Crippen molar-refractivity contribution in [3.63, 3.8) is 0 Å². The predicted molar refractivity (Wildman–Crippen MR) is 114 cm³/mol. The van der Waals surface area contributed by atoms with Crippen LogP contribution in [-0.2, 0) is 14.3 Å². The largest absolute Gasteiger partial charge is 0.507 e. The van der Waals surface area contributed by atoms with Gasteiger partial charge in [0, 0.05) is 18.7 Å². The van der Waals surface area contributed by atoms with E-state index < -0.39 is 17.7 Å². The Labute approximate surface area is 176 Å². The van der Waals surface area contributed by atoms with Crippen LogP contribution in [-0.4, -0.2) is 48.1 Å². The zero-order valence-corrected chi connectivity index (χ0v) is 17.5. The number of nitrogens with zero attached hydrogens (tertiary/aromatic N) is 1. The lowest BCUT2D eigenvalue weighted by atomic mass is 9.95. The Morgan fingerprint density at radius 3 is 2.33 bits per heavy atom. The monoisotopic (exact) mass is 409 g/mol. The number of carbonyl (C=O) groups is 2. The van der Waals surface area contributed by atoms with Crippen LogP contribution in [0.5, 0.6) is 5.75 Å². The molecule has 6 nitrogen and oxygen atoms in total. The van der Waals surface area contributed by atoms with Crippen LogP contribution in [0.4, 0.5) is 0 Å². The number of rotatable bonds is 8. The summed E-state index contributed by atoms with van der Waals surface area (Å²) < 4.78 is 10.7. The van der Waals surface area contributed by atoms with Crippen molar-refractivity contribution in [2.75, 3.05) is 20.3 Å². The first-order valence-electron chi connectivity index (χ1n) is 10.0. The number of hydrogen-bond acceptors (Lipinski definition) is 5. The first-order valence-corrected chi connectivity index (χ1v) is 10.0. The first-order chi connectivity index (χ1) is 14.4. The Morgan fingerprint density at radius 1 is 1.07 bits per heavy atom. The lowest BCUT2D eigenvalue weighted by molar-refractivity contribution is -0.140. The summed E-state index contributed by atoms with van der Waals surface area (Å²) >= 11 is 0. The number of hydrogen-bond donors (Lipinski definition) is 1. The molecule has 0 saturated carbocycles. The zero-order valence-electron chi connectivity index (χ0n) is 17.5. The smallest absolute Gasteiger partial charge is 0.295 e. The van der Waals surface area contributed by atoms with Gasteiger partial charge in [0.15, 0.2) is 0 Å². The van der Waals surface area contributed by atoms with Crippen molar-refractivity contribution in [1.29, 1.82) is 0 Å². The molecule has 2 aromatic carbocycles. The van der Waals surface area contributed by atoms with Crippen LogP contribution in [0.1, 0.15) is 37.4 Å². The van der Waals surface area contributed by atoms with Crippen molar-refractivity contribution in [3.8, 4) is 5.75 Å².